The van der Waals surface area contributed by atoms with E-state index >= 15 is 0 Å². The van der Waals surface area contributed by atoms with Crippen molar-refractivity contribution >= 4 is 17.3 Å². The largest absolute Gasteiger partial charge is 0.434 e. The van der Waals surface area contributed by atoms with Crippen LogP contribution in [0.15, 0.2) is 10.4 Å². The van der Waals surface area contributed by atoms with E-state index < -0.39 is 11.9 Å². The summed E-state index contributed by atoms with van der Waals surface area (Å²) >= 11 is 1.02. The van der Waals surface area contributed by atoms with Crippen LogP contribution in [0.5, 0.6) is 0 Å². The van der Waals surface area contributed by atoms with E-state index in [1.807, 2.05) is 6.92 Å². The first-order valence-electron chi connectivity index (χ1n) is 7.44. The van der Waals surface area contributed by atoms with Gasteiger partial charge in [0.2, 0.25) is 0 Å². The van der Waals surface area contributed by atoms with Gasteiger partial charge in [-0.25, -0.2) is 4.98 Å². The van der Waals surface area contributed by atoms with Crippen LogP contribution in [0.1, 0.15) is 24.5 Å². The summed E-state index contributed by atoms with van der Waals surface area (Å²) in [6.07, 6.45) is -3.95. The second-order valence-electron chi connectivity index (χ2n) is 5.80. The van der Waals surface area contributed by atoms with Crippen LogP contribution in [0.4, 0.5) is 13.2 Å². The number of thiazole rings is 1. The monoisotopic (exact) mass is 350 g/mol. The standard InChI is InChI=1S/C14H21F3N4OS/c1-3-18-12(20-7-13(2)8-22-9-13)19-5-4-11-21-10(6-23-11)14(15,16)17/h6H,3-5,7-9H2,1-2H3,(H2,18,19,20). The van der Waals surface area contributed by atoms with Gasteiger partial charge in [0, 0.05) is 30.3 Å². The fourth-order valence-electron chi connectivity index (χ4n) is 2.00. The number of nitrogens with zero attached hydrogens (tertiary/aromatic N) is 2. The number of aliphatic imine (C=N–C) groups is 1. The third-order valence-electron chi connectivity index (χ3n) is 3.34. The summed E-state index contributed by atoms with van der Waals surface area (Å²) < 4.78 is 42.7. The number of hydrogen-bond donors (Lipinski definition) is 2. The van der Waals surface area contributed by atoms with Crippen LogP contribution in [-0.4, -0.2) is 43.8 Å². The highest BCUT2D eigenvalue weighted by Crippen LogP contribution is 2.30. The van der Waals surface area contributed by atoms with Crippen molar-refractivity contribution in [1.29, 1.82) is 0 Å². The van der Waals surface area contributed by atoms with E-state index in [1.54, 1.807) is 0 Å². The maximum atomic E-state index is 12.5. The minimum Gasteiger partial charge on any atom is -0.380 e. The lowest BCUT2D eigenvalue weighted by Gasteiger charge is -2.36. The van der Waals surface area contributed by atoms with Crippen molar-refractivity contribution in [3.05, 3.63) is 16.1 Å². The molecular formula is C14H21F3N4OS. The van der Waals surface area contributed by atoms with Gasteiger partial charge in [0.05, 0.1) is 24.8 Å². The van der Waals surface area contributed by atoms with E-state index in [0.29, 0.717) is 50.2 Å². The first-order valence-corrected chi connectivity index (χ1v) is 8.32. The zero-order valence-corrected chi connectivity index (χ0v) is 14.0. The van der Waals surface area contributed by atoms with Gasteiger partial charge in [-0.3, -0.25) is 4.99 Å². The number of aromatic nitrogens is 1. The molecule has 0 saturated carbocycles. The number of rotatable bonds is 6. The molecular weight excluding hydrogens is 329 g/mol. The second kappa shape index (κ2) is 7.48. The molecule has 23 heavy (non-hydrogen) atoms. The highest BCUT2D eigenvalue weighted by Gasteiger charge is 2.34. The topological polar surface area (TPSA) is 58.5 Å². The van der Waals surface area contributed by atoms with E-state index in [9.17, 15) is 13.2 Å². The van der Waals surface area contributed by atoms with Crippen molar-refractivity contribution < 1.29 is 17.9 Å². The van der Waals surface area contributed by atoms with Crippen molar-refractivity contribution in [2.45, 2.75) is 26.4 Å². The Kier molecular flexibility index (Phi) is 5.85. The molecule has 2 heterocycles. The van der Waals surface area contributed by atoms with Gasteiger partial charge in [0.15, 0.2) is 11.7 Å². The molecule has 0 bridgehead atoms. The van der Waals surface area contributed by atoms with Crippen molar-refractivity contribution in [3.63, 3.8) is 0 Å². The third kappa shape index (κ3) is 5.35. The highest BCUT2D eigenvalue weighted by molar-refractivity contribution is 7.09. The normalized spacial score (nSPS) is 17.7. The Hall–Kier alpha value is -1.35. The Morgan fingerprint density at radius 3 is 2.70 bits per heavy atom. The fourth-order valence-corrected chi connectivity index (χ4v) is 2.80. The average molecular weight is 350 g/mol. The number of guanidine groups is 1. The summed E-state index contributed by atoms with van der Waals surface area (Å²) in [5, 5.41) is 7.75. The predicted octanol–water partition coefficient (Wildman–Crippen LogP) is 2.30. The molecule has 1 aliphatic rings. The first kappa shape index (κ1) is 18.0. The van der Waals surface area contributed by atoms with Crippen LogP contribution in [0.3, 0.4) is 0 Å². The van der Waals surface area contributed by atoms with Crippen LogP contribution in [-0.2, 0) is 17.3 Å². The van der Waals surface area contributed by atoms with Crippen molar-refractivity contribution in [1.82, 2.24) is 15.6 Å². The van der Waals surface area contributed by atoms with Gasteiger partial charge in [-0.1, -0.05) is 6.92 Å². The second-order valence-corrected chi connectivity index (χ2v) is 6.74. The molecule has 0 aliphatic carbocycles. The predicted molar refractivity (Wildman–Crippen MR) is 83.7 cm³/mol. The van der Waals surface area contributed by atoms with Crippen molar-refractivity contribution in [2.24, 2.45) is 10.4 Å². The van der Waals surface area contributed by atoms with Gasteiger partial charge in [-0.05, 0) is 6.92 Å². The first-order chi connectivity index (χ1) is 10.8. The summed E-state index contributed by atoms with van der Waals surface area (Å²) in [5.41, 5.74) is -0.741. The van der Waals surface area contributed by atoms with Gasteiger partial charge in [-0.2, -0.15) is 13.2 Å². The fraction of sp³-hybridized carbons (Fsp3) is 0.714. The molecule has 1 fully saturated rings. The number of nitrogens with one attached hydrogen (secondary N) is 2. The molecule has 1 aliphatic heterocycles. The smallest absolute Gasteiger partial charge is 0.380 e. The van der Waals surface area contributed by atoms with E-state index in [-0.39, 0.29) is 5.41 Å². The SMILES string of the molecule is CCNC(=NCC1(C)COC1)NCCc1nc(C(F)(F)F)cs1. The van der Waals surface area contributed by atoms with E-state index in [1.165, 1.54) is 0 Å². The van der Waals surface area contributed by atoms with E-state index in [4.69, 9.17) is 4.74 Å². The molecule has 130 valence electrons. The van der Waals surface area contributed by atoms with Crippen molar-refractivity contribution in [3.8, 4) is 0 Å². The minimum atomic E-state index is -4.38. The molecule has 5 nitrogen and oxygen atoms in total. The number of ether oxygens (including phenoxy) is 1. The Balaban J connectivity index is 1.81. The molecule has 1 aromatic heterocycles. The quantitative estimate of drug-likeness (QED) is 0.611. The van der Waals surface area contributed by atoms with Gasteiger partial charge in [0.1, 0.15) is 0 Å². The Morgan fingerprint density at radius 2 is 2.17 bits per heavy atom. The third-order valence-corrected chi connectivity index (χ3v) is 4.25. The van der Waals surface area contributed by atoms with Crippen LogP contribution in [0.25, 0.3) is 0 Å². The Morgan fingerprint density at radius 1 is 1.43 bits per heavy atom. The van der Waals surface area contributed by atoms with E-state index in [2.05, 4.69) is 27.5 Å². The van der Waals surface area contributed by atoms with Gasteiger partial charge < -0.3 is 15.4 Å². The maximum Gasteiger partial charge on any atom is 0.434 e. The molecule has 0 spiro atoms. The lowest BCUT2D eigenvalue weighted by atomic mass is 9.89. The maximum absolute atomic E-state index is 12.5. The zero-order valence-electron chi connectivity index (χ0n) is 13.2. The summed E-state index contributed by atoms with van der Waals surface area (Å²) in [7, 11) is 0. The molecule has 2 N–H and O–H groups in total. The van der Waals surface area contributed by atoms with Crippen LogP contribution in [0.2, 0.25) is 0 Å². The number of halogens is 3. The molecule has 0 atom stereocenters. The number of hydrogen-bond acceptors (Lipinski definition) is 4. The summed E-state index contributed by atoms with van der Waals surface area (Å²) in [6.45, 7) is 7.32. The highest BCUT2D eigenvalue weighted by atomic mass is 32.1. The average Bonchev–Trinajstić information content (AvgIpc) is 2.91. The van der Waals surface area contributed by atoms with E-state index in [0.717, 1.165) is 16.7 Å². The lowest BCUT2D eigenvalue weighted by Crippen LogP contribution is -2.44. The lowest BCUT2D eigenvalue weighted by molar-refractivity contribution is -0.140. The zero-order chi connectivity index (χ0) is 16.9. The van der Waals surface area contributed by atoms with Crippen LogP contribution in [0, 0.1) is 5.41 Å². The number of alkyl halides is 3. The molecule has 0 amide bonds. The minimum absolute atomic E-state index is 0.0826. The van der Waals surface area contributed by atoms with Crippen molar-refractivity contribution in [2.75, 3.05) is 32.8 Å². The van der Waals surface area contributed by atoms with Gasteiger partial charge >= 0.3 is 6.18 Å². The summed E-state index contributed by atoms with van der Waals surface area (Å²) in [6, 6.07) is 0. The Bertz CT molecular complexity index is 540. The summed E-state index contributed by atoms with van der Waals surface area (Å²) in [4.78, 5) is 8.11. The molecule has 1 saturated heterocycles. The summed E-state index contributed by atoms with van der Waals surface area (Å²) in [5.74, 6) is 0.660. The molecule has 0 aromatic carbocycles. The molecule has 9 heteroatoms. The van der Waals surface area contributed by atoms with Crippen LogP contribution >= 0.6 is 11.3 Å². The van der Waals surface area contributed by atoms with Gasteiger partial charge in [0.25, 0.3) is 0 Å². The molecule has 0 radical (unpaired) electrons. The molecule has 0 unspecified atom stereocenters. The molecule has 2 rings (SSSR count). The van der Waals surface area contributed by atoms with Gasteiger partial charge in [-0.15, -0.1) is 11.3 Å². The Labute approximate surface area is 137 Å². The molecule has 1 aromatic rings. The van der Waals surface area contributed by atoms with Crippen LogP contribution < -0.4 is 10.6 Å².